The second-order valence-corrected chi connectivity index (χ2v) is 14.1. The fourth-order valence-electron chi connectivity index (χ4n) is 8.19. The Morgan fingerprint density at radius 1 is 0.268 bits per heavy atom. The summed E-state index contributed by atoms with van der Waals surface area (Å²) in [5, 5.41) is 4.84. The lowest BCUT2D eigenvalue weighted by atomic mass is 10.0. The molecule has 5 nitrogen and oxygen atoms in total. The van der Waals surface area contributed by atoms with Crippen molar-refractivity contribution in [2.75, 3.05) is 0 Å². The average molecular weight is 716 g/mol. The zero-order valence-corrected chi connectivity index (χ0v) is 30.3. The van der Waals surface area contributed by atoms with Crippen molar-refractivity contribution in [2.45, 2.75) is 0 Å². The van der Waals surface area contributed by atoms with Crippen LogP contribution in [-0.4, -0.2) is 24.1 Å². The molecular weight excluding hydrogens is 683 g/mol. The van der Waals surface area contributed by atoms with Crippen molar-refractivity contribution in [3.8, 4) is 56.7 Å². The lowest BCUT2D eigenvalue weighted by molar-refractivity contribution is 1.07. The van der Waals surface area contributed by atoms with Crippen LogP contribution in [0.1, 0.15) is 0 Å². The summed E-state index contributed by atoms with van der Waals surface area (Å²) in [5.74, 6) is 1.88. The first-order chi connectivity index (χ1) is 27.8. The average Bonchev–Trinajstić information content (AvgIpc) is 3.80. The summed E-state index contributed by atoms with van der Waals surface area (Å²) >= 11 is 0. The highest BCUT2D eigenvalue weighted by molar-refractivity contribution is 6.23. The van der Waals surface area contributed by atoms with Gasteiger partial charge in [-0.15, -0.1) is 0 Å². The van der Waals surface area contributed by atoms with Gasteiger partial charge in [0.1, 0.15) is 0 Å². The maximum atomic E-state index is 5.15. The van der Waals surface area contributed by atoms with Gasteiger partial charge in [-0.25, -0.2) is 15.0 Å². The number of fused-ring (bicyclic) bond motifs is 7. The molecule has 3 heterocycles. The molecule has 0 N–H and O–H groups in total. The Balaban J connectivity index is 1.14. The van der Waals surface area contributed by atoms with Gasteiger partial charge in [-0.1, -0.05) is 164 Å². The van der Waals surface area contributed by atoms with Crippen LogP contribution in [0.3, 0.4) is 0 Å². The van der Waals surface area contributed by atoms with Gasteiger partial charge < -0.3 is 9.13 Å². The molecule has 0 aliphatic carbocycles. The lowest BCUT2D eigenvalue weighted by Gasteiger charge is -2.14. The minimum absolute atomic E-state index is 0.618. The largest absolute Gasteiger partial charge is 0.307 e. The summed E-state index contributed by atoms with van der Waals surface area (Å²) in [5.41, 5.74) is 11.9. The predicted molar refractivity (Wildman–Crippen MR) is 230 cm³/mol. The van der Waals surface area contributed by atoms with Crippen LogP contribution in [-0.2, 0) is 0 Å². The number of aromatic nitrogens is 5. The van der Waals surface area contributed by atoms with Crippen LogP contribution in [0.4, 0.5) is 0 Å². The highest BCUT2D eigenvalue weighted by atomic mass is 15.1. The Morgan fingerprint density at radius 3 is 1.25 bits per heavy atom. The Kier molecular flexibility index (Phi) is 7.42. The third-order valence-corrected chi connectivity index (χ3v) is 10.8. The van der Waals surface area contributed by atoms with Crippen molar-refractivity contribution in [3.63, 3.8) is 0 Å². The standard InChI is InChI=1S/C51H33N5/c1-4-15-34(16-5-1)35-27-29-37(30-28-35)50-52-49(36-17-6-2-7-18-36)53-51(54-50)38-19-14-22-40(33-38)56-46-26-13-11-24-42(46)44-32-31-43-41-23-10-12-25-45(41)55(47(43)48(44)56)39-20-8-3-9-21-39/h1-33H. The molecule has 3 aromatic heterocycles. The predicted octanol–water partition coefficient (Wildman–Crippen LogP) is 12.7. The van der Waals surface area contributed by atoms with Crippen LogP contribution < -0.4 is 0 Å². The first-order valence-corrected chi connectivity index (χ1v) is 18.9. The number of hydrogen-bond donors (Lipinski definition) is 0. The van der Waals surface area contributed by atoms with E-state index in [0.717, 1.165) is 44.7 Å². The first-order valence-electron chi connectivity index (χ1n) is 18.9. The van der Waals surface area contributed by atoms with Crippen molar-refractivity contribution in [1.82, 2.24) is 24.1 Å². The fraction of sp³-hybridized carbons (Fsp3) is 0. The van der Waals surface area contributed by atoms with Crippen molar-refractivity contribution >= 4 is 43.6 Å². The quantitative estimate of drug-likeness (QED) is 0.172. The number of para-hydroxylation sites is 3. The Hall–Kier alpha value is -7.63. The van der Waals surface area contributed by atoms with E-state index in [-0.39, 0.29) is 0 Å². The summed E-state index contributed by atoms with van der Waals surface area (Å²) < 4.78 is 4.83. The summed E-state index contributed by atoms with van der Waals surface area (Å²) in [6.45, 7) is 0. The third kappa shape index (κ3) is 5.21. The highest BCUT2D eigenvalue weighted by Gasteiger charge is 2.21. The zero-order valence-electron chi connectivity index (χ0n) is 30.3. The topological polar surface area (TPSA) is 48.5 Å². The molecule has 0 saturated heterocycles. The molecule has 0 aliphatic heterocycles. The molecule has 0 amide bonds. The molecule has 0 spiro atoms. The Bertz CT molecular complexity index is 3220. The number of nitrogens with zero attached hydrogens (tertiary/aromatic N) is 5. The molecule has 262 valence electrons. The minimum atomic E-state index is 0.618. The first kappa shape index (κ1) is 31.9. The summed E-state index contributed by atoms with van der Waals surface area (Å²) in [6.07, 6.45) is 0. The van der Waals surface area contributed by atoms with Crippen LogP contribution in [0.2, 0.25) is 0 Å². The Morgan fingerprint density at radius 2 is 0.661 bits per heavy atom. The van der Waals surface area contributed by atoms with Crippen molar-refractivity contribution in [3.05, 3.63) is 200 Å². The number of benzene rings is 8. The van der Waals surface area contributed by atoms with Gasteiger partial charge in [0.2, 0.25) is 0 Å². The molecule has 0 saturated carbocycles. The molecule has 5 heteroatoms. The van der Waals surface area contributed by atoms with E-state index in [9.17, 15) is 0 Å². The molecule has 11 aromatic rings. The second-order valence-electron chi connectivity index (χ2n) is 14.1. The summed E-state index contributed by atoms with van der Waals surface area (Å²) in [7, 11) is 0. The monoisotopic (exact) mass is 715 g/mol. The van der Waals surface area contributed by atoms with Crippen molar-refractivity contribution in [2.24, 2.45) is 0 Å². The van der Waals surface area contributed by atoms with E-state index >= 15 is 0 Å². The van der Waals surface area contributed by atoms with Gasteiger partial charge in [0, 0.05) is 49.6 Å². The van der Waals surface area contributed by atoms with Gasteiger partial charge in [-0.2, -0.15) is 0 Å². The summed E-state index contributed by atoms with van der Waals surface area (Å²) in [4.78, 5) is 15.3. The molecule has 0 fully saturated rings. The van der Waals surface area contributed by atoms with Crippen molar-refractivity contribution < 1.29 is 0 Å². The van der Waals surface area contributed by atoms with Gasteiger partial charge in [0.05, 0.1) is 22.1 Å². The van der Waals surface area contributed by atoms with E-state index in [1.54, 1.807) is 0 Å². The van der Waals surface area contributed by atoms with Crippen LogP contribution in [0.5, 0.6) is 0 Å². The normalized spacial score (nSPS) is 11.6. The molecule has 0 radical (unpaired) electrons. The molecule has 0 bridgehead atoms. The molecule has 0 atom stereocenters. The molecule has 0 aliphatic rings. The Labute approximate surface area is 323 Å². The minimum Gasteiger partial charge on any atom is -0.307 e. The van der Waals surface area contributed by atoms with Crippen LogP contribution >= 0.6 is 0 Å². The van der Waals surface area contributed by atoms with E-state index in [2.05, 4.69) is 173 Å². The van der Waals surface area contributed by atoms with Gasteiger partial charge >= 0.3 is 0 Å². The SMILES string of the molecule is c1ccc(-c2ccc(-c3nc(-c4ccccc4)nc(-c4cccc(-n5c6ccccc6c6ccc7c8ccccc8n(-c8ccccc8)c7c65)c4)n3)cc2)cc1. The van der Waals surface area contributed by atoms with Gasteiger partial charge in [0.15, 0.2) is 17.5 Å². The fourth-order valence-corrected chi connectivity index (χ4v) is 8.19. The lowest BCUT2D eigenvalue weighted by Crippen LogP contribution is -2.01. The highest BCUT2D eigenvalue weighted by Crippen LogP contribution is 2.42. The third-order valence-electron chi connectivity index (χ3n) is 10.8. The maximum Gasteiger partial charge on any atom is 0.164 e. The molecule has 11 rings (SSSR count). The van der Waals surface area contributed by atoms with E-state index in [4.69, 9.17) is 15.0 Å². The van der Waals surface area contributed by atoms with Crippen LogP contribution in [0.15, 0.2) is 200 Å². The van der Waals surface area contributed by atoms with E-state index in [0.29, 0.717) is 17.5 Å². The van der Waals surface area contributed by atoms with Crippen LogP contribution in [0, 0.1) is 0 Å². The van der Waals surface area contributed by atoms with E-state index in [1.807, 2.05) is 36.4 Å². The van der Waals surface area contributed by atoms with Gasteiger partial charge in [-0.05, 0) is 47.5 Å². The number of hydrogen-bond acceptors (Lipinski definition) is 3. The summed E-state index contributed by atoms with van der Waals surface area (Å²) in [6, 6.07) is 70.3. The molecule has 56 heavy (non-hydrogen) atoms. The molecule has 8 aromatic carbocycles. The van der Waals surface area contributed by atoms with E-state index < -0.39 is 0 Å². The molecule has 0 unspecified atom stereocenters. The van der Waals surface area contributed by atoms with Crippen LogP contribution in [0.25, 0.3) is 100 Å². The van der Waals surface area contributed by atoms with Gasteiger partial charge in [-0.3, -0.25) is 0 Å². The second kappa shape index (κ2) is 13.0. The van der Waals surface area contributed by atoms with Crippen molar-refractivity contribution in [1.29, 1.82) is 0 Å². The molecular formula is C51H33N5. The number of rotatable bonds is 6. The van der Waals surface area contributed by atoms with Gasteiger partial charge in [0.25, 0.3) is 0 Å². The zero-order chi connectivity index (χ0) is 37.0. The van der Waals surface area contributed by atoms with E-state index in [1.165, 1.54) is 38.1 Å². The smallest absolute Gasteiger partial charge is 0.164 e. The maximum absolute atomic E-state index is 5.15.